The van der Waals surface area contributed by atoms with Crippen molar-refractivity contribution < 1.29 is 4.79 Å². The molecule has 2 heterocycles. The number of aromatic nitrogens is 2. The SMILES string of the molecule is C[C@]1(c2nc3c([C]=O)cccc3[nH]2)CCCN1. The Morgan fingerprint density at radius 3 is 3.06 bits per heavy atom. The Balaban J connectivity index is 2.16. The Labute approximate surface area is 99.4 Å². The van der Waals surface area contributed by atoms with Gasteiger partial charge in [0.05, 0.1) is 22.1 Å². The van der Waals surface area contributed by atoms with E-state index >= 15 is 0 Å². The summed E-state index contributed by atoms with van der Waals surface area (Å²) in [5.41, 5.74) is 2.04. The smallest absolute Gasteiger partial charge is 0.235 e. The van der Waals surface area contributed by atoms with Gasteiger partial charge >= 0.3 is 0 Å². The Kier molecular flexibility index (Phi) is 2.26. The van der Waals surface area contributed by atoms with Crippen molar-refractivity contribution in [2.75, 3.05) is 6.54 Å². The first-order valence-electron chi connectivity index (χ1n) is 5.85. The van der Waals surface area contributed by atoms with Crippen LogP contribution in [0.3, 0.4) is 0 Å². The van der Waals surface area contributed by atoms with Crippen molar-refractivity contribution in [2.45, 2.75) is 25.3 Å². The van der Waals surface area contributed by atoms with E-state index in [9.17, 15) is 4.79 Å². The van der Waals surface area contributed by atoms with Gasteiger partial charge in [0.2, 0.25) is 6.29 Å². The lowest BCUT2D eigenvalue weighted by Gasteiger charge is -2.21. The van der Waals surface area contributed by atoms with E-state index in [1.54, 1.807) is 6.07 Å². The molecule has 4 heteroatoms. The van der Waals surface area contributed by atoms with Gasteiger partial charge in [0.25, 0.3) is 0 Å². The van der Waals surface area contributed by atoms with E-state index in [0.717, 1.165) is 30.7 Å². The summed E-state index contributed by atoms with van der Waals surface area (Å²) in [7, 11) is 0. The largest absolute Gasteiger partial charge is 0.340 e. The third kappa shape index (κ3) is 1.56. The molecular weight excluding hydrogens is 214 g/mol. The molecule has 3 rings (SSSR count). The molecule has 2 aromatic rings. The molecule has 4 nitrogen and oxygen atoms in total. The van der Waals surface area contributed by atoms with Gasteiger partial charge in [-0.25, -0.2) is 4.98 Å². The van der Waals surface area contributed by atoms with Crippen LogP contribution in [0.5, 0.6) is 0 Å². The zero-order valence-electron chi connectivity index (χ0n) is 9.71. The van der Waals surface area contributed by atoms with Crippen LogP contribution < -0.4 is 5.32 Å². The van der Waals surface area contributed by atoms with Gasteiger partial charge in [-0.15, -0.1) is 0 Å². The van der Waals surface area contributed by atoms with Crippen LogP contribution in [0.15, 0.2) is 18.2 Å². The van der Waals surface area contributed by atoms with E-state index < -0.39 is 0 Å². The van der Waals surface area contributed by atoms with Crippen LogP contribution >= 0.6 is 0 Å². The standard InChI is InChI=1S/C13H14N3O/c1-13(6-3-7-14-13)12-15-10-5-2-4-9(8-17)11(10)16-12/h2,4-5,14H,3,6-7H2,1H3,(H,15,16)/t13-/m1/s1. The van der Waals surface area contributed by atoms with E-state index in [4.69, 9.17) is 0 Å². The van der Waals surface area contributed by atoms with Crippen LogP contribution in [-0.4, -0.2) is 22.8 Å². The molecule has 1 atom stereocenters. The third-order valence-corrected chi connectivity index (χ3v) is 3.51. The van der Waals surface area contributed by atoms with Gasteiger partial charge in [0.15, 0.2) is 0 Å². The van der Waals surface area contributed by atoms with Gasteiger partial charge in [0, 0.05) is 0 Å². The number of benzene rings is 1. The molecule has 0 bridgehead atoms. The number of hydrogen-bond donors (Lipinski definition) is 2. The van der Waals surface area contributed by atoms with Crippen molar-refractivity contribution in [1.82, 2.24) is 15.3 Å². The summed E-state index contributed by atoms with van der Waals surface area (Å²) in [4.78, 5) is 18.7. The minimum absolute atomic E-state index is 0.0980. The van der Waals surface area contributed by atoms with Gasteiger partial charge in [-0.05, 0) is 38.4 Å². The lowest BCUT2D eigenvalue weighted by Crippen LogP contribution is -2.34. The monoisotopic (exact) mass is 228 g/mol. The molecular formula is C13H14N3O. The van der Waals surface area contributed by atoms with E-state index in [1.807, 2.05) is 18.4 Å². The number of nitrogens with zero attached hydrogens (tertiary/aromatic N) is 1. The first kappa shape index (κ1) is 10.5. The average molecular weight is 228 g/mol. The predicted octanol–water partition coefficient (Wildman–Crippen LogP) is 1.62. The Morgan fingerprint density at radius 2 is 2.35 bits per heavy atom. The maximum atomic E-state index is 10.8. The molecule has 1 aliphatic heterocycles. The predicted molar refractivity (Wildman–Crippen MR) is 65.5 cm³/mol. The second-order valence-corrected chi connectivity index (χ2v) is 4.75. The van der Waals surface area contributed by atoms with Gasteiger partial charge < -0.3 is 10.3 Å². The van der Waals surface area contributed by atoms with Crippen molar-refractivity contribution in [3.63, 3.8) is 0 Å². The Bertz CT molecular complexity index is 567. The molecule has 1 fully saturated rings. The van der Waals surface area contributed by atoms with Crippen molar-refractivity contribution in [3.05, 3.63) is 29.6 Å². The van der Waals surface area contributed by atoms with Crippen molar-refractivity contribution >= 4 is 17.3 Å². The van der Waals surface area contributed by atoms with Gasteiger partial charge in [-0.3, -0.25) is 4.79 Å². The topological polar surface area (TPSA) is 57.8 Å². The van der Waals surface area contributed by atoms with Gasteiger partial charge in [-0.2, -0.15) is 0 Å². The van der Waals surface area contributed by atoms with Crippen LogP contribution in [-0.2, 0) is 10.3 Å². The number of hydrogen-bond acceptors (Lipinski definition) is 3. The molecule has 0 aliphatic carbocycles. The molecule has 1 radical (unpaired) electrons. The molecule has 1 aromatic carbocycles. The highest BCUT2D eigenvalue weighted by molar-refractivity contribution is 5.94. The van der Waals surface area contributed by atoms with Crippen molar-refractivity contribution in [1.29, 1.82) is 0 Å². The summed E-state index contributed by atoms with van der Waals surface area (Å²) in [6.07, 6.45) is 4.15. The number of H-pyrrole nitrogens is 1. The fourth-order valence-corrected chi connectivity index (χ4v) is 2.47. The van der Waals surface area contributed by atoms with Crippen LogP contribution in [0.1, 0.15) is 31.2 Å². The number of fused-ring (bicyclic) bond motifs is 1. The highest BCUT2D eigenvalue weighted by Gasteiger charge is 2.33. The zero-order valence-corrected chi connectivity index (χ0v) is 9.71. The quantitative estimate of drug-likeness (QED) is 0.821. The fraction of sp³-hybridized carbons (Fsp3) is 0.385. The summed E-state index contributed by atoms with van der Waals surface area (Å²) < 4.78 is 0. The number of imidazole rings is 1. The number of rotatable bonds is 2. The molecule has 87 valence electrons. The first-order valence-corrected chi connectivity index (χ1v) is 5.85. The normalized spacial score (nSPS) is 24.3. The summed E-state index contributed by atoms with van der Waals surface area (Å²) >= 11 is 0. The minimum atomic E-state index is -0.0980. The van der Waals surface area contributed by atoms with E-state index in [1.165, 1.54) is 0 Å². The van der Waals surface area contributed by atoms with Crippen molar-refractivity contribution in [3.8, 4) is 0 Å². The van der Waals surface area contributed by atoms with Crippen LogP contribution in [0.2, 0.25) is 0 Å². The molecule has 17 heavy (non-hydrogen) atoms. The fourth-order valence-electron chi connectivity index (χ4n) is 2.47. The summed E-state index contributed by atoms with van der Waals surface area (Å²) in [5.74, 6) is 0.910. The van der Waals surface area contributed by atoms with Crippen LogP contribution in [0.4, 0.5) is 0 Å². The van der Waals surface area contributed by atoms with E-state index in [2.05, 4.69) is 22.2 Å². The van der Waals surface area contributed by atoms with Gasteiger partial charge in [0.1, 0.15) is 5.82 Å². The third-order valence-electron chi connectivity index (χ3n) is 3.51. The second-order valence-electron chi connectivity index (χ2n) is 4.75. The van der Waals surface area contributed by atoms with Crippen LogP contribution in [0, 0.1) is 0 Å². The number of nitrogens with one attached hydrogen (secondary N) is 2. The van der Waals surface area contributed by atoms with E-state index in [-0.39, 0.29) is 5.54 Å². The molecule has 0 amide bonds. The van der Waals surface area contributed by atoms with Crippen LogP contribution in [0.25, 0.3) is 11.0 Å². The second kappa shape index (κ2) is 3.67. The Hall–Kier alpha value is -1.68. The molecule has 0 spiro atoms. The molecule has 1 aliphatic rings. The van der Waals surface area contributed by atoms with Crippen molar-refractivity contribution in [2.24, 2.45) is 0 Å². The molecule has 0 unspecified atom stereocenters. The molecule has 1 aromatic heterocycles. The molecule has 0 saturated carbocycles. The van der Waals surface area contributed by atoms with E-state index in [0.29, 0.717) is 11.1 Å². The van der Waals surface area contributed by atoms with Gasteiger partial charge in [-0.1, -0.05) is 6.07 Å². The minimum Gasteiger partial charge on any atom is -0.340 e. The lowest BCUT2D eigenvalue weighted by molar-refractivity contribution is 0.412. The highest BCUT2D eigenvalue weighted by atomic mass is 16.1. The summed E-state index contributed by atoms with van der Waals surface area (Å²) in [6, 6.07) is 5.52. The number of carbonyl (C=O) groups excluding carboxylic acids is 1. The summed E-state index contributed by atoms with van der Waals surface area (Å²) in [5, 5.41) is 3.46. The maximum Gasteiger partial charge on any atom is 0.235 e. The lowest BCUT2D eigenvalue weighted by atomic mass is 10.00. The molecule has 2 N–H and O–H groups in total. The zero-order chi connectivity index (χ0) is 11.9. The number of para-hydroxylation sites is 1. The number of aromatic amines is 1. The highest BCUT2D eigenvalue weighted by Crippen LogP contribution is 2.30. The average Bonchev–Trinajstić information content (AvgIpc) is 2.95. The molecule has 1 saturated heterocycles. The first-order chi connectivity index (χ1) is 8.23. The summed E-state index contributed by atoms with van der Waals surface area (Å²) in [6.45, 7) is 3.15. The Morgan fingerprint density at radius 1 is 1.47 bits per heavy atom. The maximum absolute atomic E-state index is 10.8.